The fourth-order valence-corrected chi connectivity index (χ4v) is 2.17. The number of nitriles is 1. The summed E-state index contributed by atoms with van der Waals surface area (Å²) in [6.07, 6.45) is 0. The average molecular weight is 314 g/mol. The van der Waals surface area contributed by atoms with Gasteiger partial charge in [0, 0.05) is 10.7 Å². The Kier molecular flexibility index (Phi) is 5.03. The van der Waals surface area contributed by atoms with Crippen molar-refractivity contribution in [2.45, 2.75) is 19.9 Å². The molecule has 0 spiro atoms. The van der Waals surface area contributed by atoms with Crippen molar-refractivity contribution in [2.24, 2.45) is 0 Å². The maximum atomic E-state index is 12.3. The van der Waals surface area contributed by atoms with Crippen LogP contribution in [0.25, 0.3) is 0 Å². The highest BCUT2D eigenvalue weighted by Crippen LogP contribution is 2.23. The monoisotopic (exact) mass is 313 g/mol. The van der Waals surface area contributed by atoms with Crippen molar-refractivity contribution < 1.29 is 4.79 Å². The molecule has 2 aromatic rings. The lowest BCUT2D eigenvalue weighted by Crippen LogP contribution is -2.32. The number of carbonyl (C=O) groups is 1. The first-order chi connectivity index (χ1) is 10.5. The van der Waals surface area contributed by atoms with Crippen LogP contribution in [0, 0.1) is 18.3 Å². The predicted molar refractivity (Wildman–Crippen MR) is 89.1 cm³/mol. The highest BCUT2D eigenvalue weighted by atomic mass is 35.5. The molecule has 2 aromatic carbocycles. The van der Waals surface area contributed by atoms with Crippen LogP contribution < -0.4 is 10.6 Å². The minimum atomic E-state index is -0.469. The number of hydrogen-bond acceptors (Lipinski definition) is 3. The molecule has 1 amide bonds. The molecule has 0 fully saturated rings. The molecule has 2 rings (SSSR count). The Labute approximate surface area is 134 Å². The van der Waals surface area contributed by atoms with Gasteiger partial charge in [-0.1, -0.05) is 29.8 Å². The number of nitrogens with one attached hydrogen (secondary N) is 2. The third-order valence-electron chi connectivity index (χ3n) is 3.34. The third kappa shape index (κ3) is 3.57. The number of halogens is 1. The minimum absolute atomic E-state index is 0.220. The maximum Gasteiger partial charge on any atom is 0.246 e. The van der Waals surface area contributed by atoms with Crippen molar-refractivity contribution in [3.8, 4) is 6.07 Å². The summed E-state index contributed by atoms with van der Waals surface area (Å²) < 4.78 is 0. The van der Waals surface area contributed by atoms with Gasteiger partial charge in [-0.15, -0.1) is 0 Å². The van der Waals surface area contributed by atoms with Crippen molar-refractivity contribution >= 4 is 28.9 Å². The minimum Gasteiger partial charge on any atom is -0.374 e. The zero-order valence-electron chi connectivity index (χ0n) is 12.4. The Balaban J connectivity index is 2.10. The van der Waals surface area contributed by atoms with E-state index in [-0.39, 0.29) is 5.91 Å². The van der Waals surface area contributed by atoms with Crippen LogP contribution in [0.2, 0.25) is 5.02 Å². The highest BCUT2D eigenvalue weighted by molar-refractivity contribution is 6.31. The van der Waals surface area contributed by atoms with Gasteiger partial charge in [0.05, 0.1) is 11.3 Å². The number of carbonyl (C=O) groups excluding carboxylic acids is 1. The van der Waals surface area contributed by atoms with E-state index in [0.717, 1.165) is 11.3 Å². The lowest BCUT2D eigenvalue weighted by Gasteiger charge is -2.17. The van der Waals surface area contributed by atoms with Crippen LogP contribution in [-0.2, 0) is 4.79 Å². The predicted octanol–water partition coefficient (Wildman–Crippen LogP) is 3.96. The normalized spacial score (nSPS) is 11.4. The molecule has 5 heteroatoms. The van der Waals surface area contributed by atoms with E-state index in [1.54, 1.807) is 37.3 Å². The van der Waals surface area contributed by atoms with Crippen molar-refractivity contribution in [1.29, 1.82) is 5.26 Å². The van der Waals surface area contributed by atoms with Gasteiger partial charge in [-0.2, -0.15) is 5.26 Å². The van der Waals surface area contributed by atoms with Gasteiger partial charge in [-0.05, 0) is 43.7 Å². The molecule has 2 N–H and O–H groups in total. The Morgan fingerprint density at radius 2 is 1.86 bits per heavy atom. The van der Waals surface area contributed by atoms with Gasteiger partial charge in [-0.25, -0.2) is 0 Å². The van der Waals surface area contributed by atoms with E-state index in [4.69, 9.17) is 16.9 Å². The van der Waals surface area contributed by atoms with E-state index in [9.17, 15) is 4.79 Å². The van der Waals surface area contributed by atoms with E-state index in [1.165, 1.54) is 0 Å². The number of hydrogen-bond donors (Lipinski definition) is 2. The average Bonchev–Trinajstić information content (AvgIpc) is 2.52. The van der Waals surface area contributed by atoms with Gasteiger partial charge >= 0.3 is 0 Å². The first kappa shape index (κ1) is 15.9. The van der Waals surface area contributed by atoms with E-state index in [1.807, 2.05) is 19.1 Å². The topological polar surface area (TPSA) is 64.9 Å². The summed E-state index contributed by atoms with van der Waals surface area (Å²) in [6, 6.07) is 14.0. The van der Waals surface area contributed by atoms with E-state index < -0.39 is 6.04 Å². The van der Waals surface area contributed by atoms with Gasteiger partial charge in [-0.3, -0.25) is 4.79 Å². The van der Waals surface area contributed by atoms with Crippen LogP contribution in [0.1, 0.15) is 18.1 Å². The molecule has 0 bridgehead atoms. The van der Waals surface area contributed by atoms with Crippen LogP contribution in [0.15, 0.2) is 42.5 Å². The van der Waals surface area contributed by atoms with Gasteiger partial charge in [0.1, 0.15) is 12.1 Å². The Morgan fingerprint density at radius 1 is 1.18 bits per heavy atom. The number of para-hydroxylation sites is 1. The molecule has 0 saturated carbocycles. The van der Waals surface area contributed by atoms with Gasteiger partial charge < -0.3 is 10.6 Å². The summed E-state index contributed by atoms with van der Waals surface area (Å²) in [4.78, 5) is 12.3. The summed E-state index contributed by atoms with van der Waals surface area (Å²) in [5.74, 6) is -0.220. The smallest absolute Gasteiger partial charge is 0.246 e. The van der Waals surface area contributed by atoms with Gasteiger partial charge in [0.2, 0.25) is 5.91 Å². The zero-order chi connectivity index (χ0) is 16.1. The summed E-state index contributed by atoms with van der Waals surface area (Å²) >= 11 is 6.07. The molecule has 0 heterocycles. The molecule has 112 valence electrons. The molecule has 0 aliphatic rings. The summed E-state index contributed by atoms with van der Waals surface area (Å²) in [5, 5.41) is 15.6. The summed E-state index contributed by atoms with van der Waals surface area (Å²) in [5.41, 5.74) is 2.64. The molecule has 22 heavy (non-hydrogen) atoms. The van der Waals surface area contributed by atoms with E-state index >= 15 is 0 Å². The molecule has 0 saturated heterocycles. The second-order valence-corrected chi connectivity index (χ2v) is 5.33. The summed E-state index contributed by atoms with van der Waals surface area (Å²) in [7, 11) is 0. The maximum absolute atomic E-state index is 12.3. The van der Waals surface area contributed by atoms with Crippen molar-refractivity contribution in [1.82, 2.24) is 0 Å². The Bertz CT molecular complexity index is 737. The second kappa shape index (κ2) is 6.97. The zero-order valence-corrected chi connectivity index (χ0v) is 13.1. The van der Waals surface area contributed by atoms with E-state index in [0.29, 0.717) is 16.3 Å². The summed E-state index contributed by atoms with van der Waals surface area (Å²) in [6.45, 7) is 3.64. The number of amides is 1. The third-order valence-corrected chi connectivity index (χ3v) is 3.75. The standard InChI is InChI=1S/C17H16ClN3O/c1-11-14(18)7-5-9-15(11)20-12(2)17(22)21-16-8-4-3-6-13(16)10-19/h3-9,12,20H,1-2H3,(H,21,22)/t12-/m0/s1. The van der Waals surface area contributed by atoms with Crippen LogP contribution in [0.3, 0.4) is 0 Å². The van der Waals surface area contributed by atoms with Crippen LogP contribution in [-0.4, -0.2) is 11.9 Å². The molecule has 0 unspecified atom stereocenters. The first-order valence-electron chi connectivity index (χ1n) is 6.84. The Hall–Kier alpha value is -2.51. The number of anilines is 2. The lowest BCUT2D eigenvalue weighted by molar-refractivity contribution is -0.116. The molecule has 0 aliphatic heterocycles. The molecule has 0 radical (unpaired) electrons. The SMILES string of the molecule is Cc1c(Cl)cccc1N[C@@H](C)C(=O)Nc1ccccc1C#N. The van der Waals surface area contributed by atoms with Crippen LogP contribution in [0.4, 0.5) is 11.4 Å². The fourth-order valence-electron chi connectivity index (χ4n) is 1.99. The Morgan fingerprint density at radius 3 is 2.59 bits per heavy atom. The second-order valence-electron chi connectivity index (χ2n) is 4.93. The van der Waals surface area contributed by atoms with Gasteiger partial charge in [0.25, 0.3) is 0 Å². The molecule has 1 atom stereocenters. The largest absolute Gasteiger partial charge is 0.374 e. The molecule has 4 nitrogen and oxygen atoms in total. The fraction of sp³-hybridized carbons (Fsp3) is 0.176. The van der Waals surface area contributed by atoms with Crippen molar-refractivity contribution in [2.75, 3.05) is 10.6 Å². The van der Waals surface area contributed by atoms with Gasteiger partial charge in [0.15, 0.2) is 0 Å². The molecule has 0 aromatic heterocycles. The van der Waals surface area contributed by atoms with E-state index in [2.05, 4.69) is 16.7 Å². The van der Waals surface area contributed by atoms with Crippen LogP contribution >= 0.6 is 11.6 Å². The number of rotatable bonds is 4. The highest BCUT2D eigenvalue weighted by Gasteiger charge is 2.15. The number of nitrogens with zero attached hydrogens (tertiary/aromatic N) is 1. The molecular formula is C17H16ClN3O. The van der Waals surface area contributed by atoms with Crippen LogP contribution in [0.5, 0.6) is 0 Å². The van der Waals surface area contributed by atoms with Crippen molar-refractivity contribution in [3.05, 3.63) is 58.6 Å². The first-order valence-corrected chi connectivity index (χ1v) is 7.22. The number of benzene rings is 2. The molecule has 0 aliphatic carbocycles. The quantitative estimate of drug-likeness (QED) is 0.898. The molecular weight excluding hydrogens is 298 g/mol. The lowest BCUT2D eigenvalue weighted by atomic mass is 10.1. The van der Waals surface area contributed by atoms with Crippen molar-refractivity contribution in [3.63, 3.8) is 0 Å².